The zero-order valence-corrected chi connectivity index (χ0v) is 25.0. The van der Waals surface area contributed by atoms with Gasteiger partial charge >= 0.3 is 0 Å². The molecule has 1 aliphatic carbocycles. The first-order chi connectivity index (χ1) is 19.6. The first-order valence-corrected chi connectivity index (χ1v) is 16.1. The quantitative estimate of drug-likeness (QED) is 0.265. The summed E-state index contributed by atoms with van der Waals surface area (Å²) in [5, 5.41) is 10.5. The number of nitrogens with zero attached hydrogens (tertiary/aromatic N) is 2. The number of amides is 2. The summed E-state index contributed by atoms with van der Waals surface area (Å²) in [5.74, 6) is 0.0364. The Labute approximate surface area is 246 Å². The summed E-state index contributed by atoms with van der Waals surface area (Å²) < 4.78 is 30.8. The molecule has 1 saturated carbocycles. The Balaban J connectivity index is 1.41. The van der Waals surface area contributed by atoms with Crippen LogP contribution < -0.4 is 10.6 Å². The molecule has 0 saturated heterocycles. The third-order valence-corrected chi connectivity index (χ3v) is 8.96. The molecule has 4 rings (SSSR count). The second-order valence-electron chi connectivity index (χ2n) is 10.6. The third kappa shape index (κ3) is 8.64. The summed E-state index contributed by atoms with van der Waals surface area (Å²) in [6.45, 7) is 1.62. The van der Waals surface area contributed by atoms with Gasteiger partial charge in [-0.05, 0) is 54.2 Å². The number of halogens is 1. The van der Waals surface area contributed by atoms with Gasteiger partial charge in [-0.15, -0.1) is 0 Å². The number of carbonyl (C=O) groups excluding carboxylic acids is 2. The van der Waals surface area contributed by atoms with Crippen molar-refractivity contribution < 1.29 is 22.7 Å². The number of nitrogens with one attached hydrogen (secondary N) is 2. The van der Waals surface area contributed by atoms with Gasteiger partial charge in [0, 0.05) is 44.3 Å². The monoisotopic (exact) mass is 600 g/mol. The van der Waals surface area contributed by atoms with Crippen molar-refractivity contribution in [2.24, 2.45) is 5.92 Å². The molecule has 0 aliphatic heterocycles. The van der Waals surface area contributed by atoms with Crippen LogP contribution in [0.4, 0.5) is 5.82 Å². The molecule has 2 aromatic carbocycles. The van der Waals surface area contributed by atoms with Gasteiger partial charge in [-0.1, -0.05) is 55.5 Å². The lowest BCUT2D eigenvalue weighted by molar-refractivity contribution is -0.118. The molecule has 3 aromatic rings. The van der Waals surface area contributed by atoms with Gasteiger partial charge in [0.1, 0.15) is 0 Å². The Morgan fingerprint density at radius 3 is 2.51 bits per heavy atom. The van der Waals surface area contributed by atoms with E-state index in [1.54, 1.807) is 48.3 Å². The van der Waals surface area contributed by atoms with Gasteiger partial charge in [-0.2, -0.15) is 5.10 Å². The molecule has 9 nitrogen and oxygen atoms in total. The van der Waals surface area contributed by atoms with Crippen molar-refractivity contribution in [1.29, 1.82) is 0 Å². The highest BCUT2D eigenvalue weighted by Gasteiger charge is 2.28. The van der Waals surface area contributed by atoms with Gasteiger partial charge in [0.25, 0.3) is 5.91 Å². The van der Waals surface area contributed by atoms with E-state index in [0.717, 1.165) is 43.9 Å². The van der Waals surface area contributed by atoms with Crippen molar-refractivity contribution in [2.45, 2.75) is 55.9 Å². The van der Waals surface area contributed by atoms with Crippen LogP contribution in [-0.2, 0) is 25.9 Å². The van der Waals surface area contributed by atoms with Crippen molar-refractivity contribution in [3.8, 4) is 0 Å². The molecule has 11 heteroatoms. The van der Waals surface area contributed by atoms with E-state index < -0.39 is 15.8 Å². The van der Waals surface area contributed by atoms with E-state index in [-0.39, 0.29) is 21.7 Å². The molecule has 2 amide bonds. The standard InChI is InChI=1S/C30H37ClN4O5S/c1-40-17-5-15-32-29(36)23-10-8-22(9-11-23)20-35-16-14-28(34-35)33-30(37)25(18-21-6-3-4-7-21)24-12-13-27(26(31)19-24)41(2,38)39/h8-14,16,19,21,25H,3-7,15,17-18,20H2,1-2H3,(H,32,36)(H,33,34,37). The van der Waals surface area contributed by atoms with Gasteiger partial charge in [-0.25, -0.2) is 8.42 Å². The Morgan fingerprint density at radius 2 is 1.85 bits per heavy atom. The first kappa shape index (κ1) is 30.7. The number of methoxy groups -OCH3 is 1. The van der Waals surface area contributed by atoms with Gasteiger partial charge in [0.05, 0.1) is 22.4 Å². The van der Waals surface area contributed by atoms with E-state index >= 15 is 0 Å². The maximum Gasteiger partial charge on any atom is 0.251 e. The van der Waals surface area contributed by atoms with Crippen LogP contribution in [0.25, 0.3) is 0 Å². The normalized spacial score (nSPS) is 14.6. The Bertz CT molecular complexity index is 1450. The number of hydrogen-bond donors (Lipinski definition) is 2. The van der Waals surface area contributed by atoms with E-state index in [9.17, 15) is 18.0 Å². The molecule has 0 spiro atoms. The van der Waals surface area contributed by atoms with Crippen molar-refractivity contribution in [3.05, 3.63) is 76.4 Å². The van der Waals surface area contributed by atoms with E-state index in [1.807, 2.05) is 12.1 Å². The van der Waals surface area contributed by atoms with Crippen LogP contribution in [0.3, 0.4) is 0 Å². The lowest BCUT2D eigenvalue weighted by Crippen LogP contribution is -2.25. The zero-order valence-electron chi connectivity index (χ0n) is 23.4. The van der Waals surface area contributed by atoms with Crippen LogP contribution in [0.5, 0.6) is 0 Å². The average molecular weight is 601 g/mol. The number of benzene rings is 2. The van der Waals surface area contributed by atoms with E-state index in [1.165, 1.54) is 6.07 Å². The number of aromatic nitrogens is 2. The lowest BCUT2D eigenvalue weighted by atomic mass is 9.87. The highest BCUT2D eigenvalue weighted by atomic mass is 35.5. The topological polar surface area (TPSA) is 119 Å². The fourth-order valence-corrected chi connectivity index (χ4v) is 6.55. The molecule has 1 heterocycles. The van der Waals surface area contributed by atoms with Crippen LogP contribution in [-0.4, -0.2) is 56.5 Å². The summed E-state index contributed by atoms with van der Waals surface area (Å²) in [5.41, 5.74) is 2.23. The van der Waals surface area contributed by atoms with Gasteiger partial charge in [-0.3, -0.25) is 14.3 Å². The largest absolute Gasteiger partial charge is 0.385 e. The highest BCUT2D eigenvalue weighted by Crippen LogP contribution is 2.36. The molecule has 0 radical (unpaired) electrons. The molecule has 220 valence electrons. The number of hydrogen-bond acceptors (Lipinski definition) is 6. The van der Waals surface area contributed by atoms with Crippen LogP contribution in [0, 0.1) is 5.92 Å². The van der Waals surface area contributed by atoms with Crippen LogP contribution in [0.2, 0.25) is 5.02 Å². The Morgan fingerprint density at radius 1 is 1.12 bits per heavy atom. The predicted octanol–water partition coefficient (Wildman–Crippen LogP) is 5.06. The minimum Gasteiger partial charge on any atom is -0.385 e. The summed E-state index contributed by atoms with van der Waals surface area (Å²) in [4.78, 5) is 25.8. The van der Waals surface area contributed by atoms with E-state index in [0.29, 0.717) is 49.0 Å². The summed E-state index contributed by atoms with van der Waals surface area (Å²) >= 11 is 6.33. The Hall–Kier alpha value is -3.21. The molecule has 1 atom stereocenters. The maximum absolute atomic E-state index is 13.5. The van der Waals surface area contributed by atoms with E-state index in [4.69, 9.17) is 16.3 Å². The fourth-order valence-electron chi connectivity index (χ4n) is 5.21. The van der Waals surface area contributed by atoms with E-state index in [2.05, 4.69) is 15.7 Å². The highest BCUT2D eigenvalue weighted by molar-refractivity contribution is 7.90. The first-order valence-electron chi connectivity index (χ1n) is 13.8. The second-order valence-corrected chi connectivity index (χ2v) is 13.0. The third-order valence-electron chi connectivity index (χ3n) is 7.38. The molecule has 0 bridgehead atoms. The molecule has 1 aliphatic rings. The summed E-state index contributed by atoms with van der Waals surface area (Å²) in [6, 6.07) is 13.8. The summed E-state index contributed by atoms with van der Waals surface area (Å²) in [6.07, 6.45) is 8.76. The molecule has 1 aromatic heterocycles. The SMILES string of the molecule is COCCCNC(=O)c1ccc(Cn2ccc(NC(=O)C(CC3CCCC3)c3ccc(S(C)(=O)=O)c(Cl)c3)n2)cc1. The van der Waals surface area contributed by atoms with Gasteiger partial charge < -0.3 is 15.4 Å². The molecular formula is C30H37ClN4O5S. The molecule has 1 fully saturated rings. The predicted molar refractivity (Wildman–Crippen MR) is 159 cm³/mol. The second kappa shape index (κ2) is 14.1. The lowest BCUT2D eigenvalue weighted by Gasteiger charge is -2.21. The smallest absolute Gasteiger partial charge is 0.251 e. The minimum atomic E-state index is -3.47. The number of rotatable bonds is 13. The number of ether oxygens (including phenoxy) is 1. The summed E-state index contributed by atoms with van der Waals surface area (Å²) in [7, 11) is -1.84. The van der Waals surface area contributed by atoms with Gasteiger partial charge in [0.15, 0.2) is 15.7 Å². The maximum atomic E-state index is 13.5. The van der Waals surface area contributed by atoms with Crippen molar-refractivity contribution in [2.75, 3.05) is 31.8 Å². The Kier molecular flexibility index (Phi) is 10.6. The molecular weight excluding hydrogens is 564 g/mol. The van der Waals surface area contributed by atoms with Crippen molar-refractivity contribution in [3.63, 3.8) is 0 Å². The minimum absolute atomic E-state index is 0.0532. The van der Waals surface area contributed by atoms with Crippen LogP contribution in [0.15, 0.2) is 59.6 Å². The average Bonchev–Trinajstić information content (AvgIpc) is 3.61. The van der Waals surface area contributed by atoms with Gasteiger partial charge in [0.2, 0.25) is 5.91 Å². The van der Waals surface area contributed by atoms with Crippen molar-refractivity contribution in [1.82, 2.24) is 15.1 Å². The zero-order chi connectivity index (χ0) is 29.4. The molecule has 1 unspecified atom stereocenters. The fraction of sp³-hybridized carbons (Fsp3) is 0.433. The van der Waals surface area contributed by atoms with Crippen LogP contribution >= 0.6 is 11.6 Å². The molecule has 2 N–H and O–H groups in total. The number of sulfone groups is 1. The number of carbonyl (C=O) groups is 2. The van der Waals surface area contributed by atoms with Crippen molar-refractivity contribution >= 4 is 39.1 Å². The molecule has 41 heavy (non-hydrogen) atoms. The number of anilines is 1. The van der Waals surface area contributed by atoms with Crippen LogP contribution in [0.1, 0.15) is 65.9 Å².